The summed E-state index contributed by atoms with van der Waals surface area (Å²) in [6.07, 6.45) is 2.10. The number of hydrogen-bond donors (Lipinski definition) is 2. The number of carbonyl (C=O) groups is 1. The summed E-state index contributed by atoms with van der Waals surface area (Å²) in [6, 6.07) is 9.24. The molecule has 2 rings (SSSR count). The molecule has 0 atom stereocenters. The second-order valence-electron chi connectivity index (χ2n) is 6.47. The molecule has 7 nitrogen and oxygen atoms in total. The summed E-state index contributed by atoms with van der Waals surface area (Å²) in [7, 11) is 1.37. The van der Waals surface area contributed by atoms with Crippen LogP contribution in [-0.2, 0) is 17.8 Å². The molecule has 0 amide bonds. The average Bonchev–Trinajstić information content (AvgIpc) is 3.19. The Bertz CT molecular complexity index is 770. The van der Waals surface area contributed by atoms with Crippen LogP contribution in [0.25, 0.3) is 0 Å². The van der Waals surface area contributed by atoms with Gasteiger partial charge in [-0.2, -0.15) is 0 Å². The van der Waals surface area contributed by atoms with E-state index in [1.807, 2.05) is 25.1 Å². The van der Waals surface area contributed by atoms with Crippen molar-refractivity contribution in [2.24, 2.45) is 4.99 Å². The molecule has 8 heteroatoms. The molecule has 2 aromatic rings. The Morgan fingerprint density at radius 1 is 1.17 bits per heavy atom. The minimum Gasteiger partial charge on any atom is -0.465 e. The maximum absolute atomic E-state index is 11.5. The van der Waals surface area contributed by atoms with Crippen LogP contribution in [0.15, 0.2) is 39.8 Å². The van der Waals surface area contributed by atoms with Crippen LogP contribution in [-0.4, -0.2) is 30.7 Å². The summed E-state index contributed by atoms with van der Waals surface area (Å²) in [5, 5.41) is 10.7. The van der Waals surface area contributed by atoms with E-state index >= 15 is 0 Å². The van der Waals surface area contributed by atoms with Gasteiger partial charge in [0.05, 0.1) is 31.5 Å². The van der Waals surface area contributed by atoms with Crippen LogP contribution in [0.5, 0.6) is 0 Å². The Morgan fingerprint density at radius 3 is 2.45 bits per heavy atom. The smallest absolute Gasteiger partial charge is 0.337 e. The van der Waals surface area contributed by atoms with Gasteiger partial charge in [-0.1, -0.05) is 31.1 Å². The molecule has 0 radical (unpaired) electrons. The van der Waals surface area contributed by atoms with E-state index in [2.05, 4.69) is 34.6 Å². The van der Waals surface area contributed by atoms with Crippen molar-refractivity contribution in [3.63, 3.8) is 0 Å². The zero-order chi connectivity index (χ0) is 20.4. The fraction of sp³-hybridized carbons (Fsp3) is 0.476. The van der Waals surface area contributed by atoms with E-state index in [1.165, 1.54) is 7.11 Å². The van der Waals surface area contributed by atoms with Crippen molar-refractivity contribution in [3.8, 4) is 0 Å². The van der Waals surface area contributed by atoms with Crippen LogP contribution in [0.1, 0.15) is 66.9 Å². The second kappa shape index (κ2) is 13.2. The van der Waals surface area contributed by atoms with Crippen molar-refractivity contribution in [1.82, 2.24) is 15.8 Å². The zero-order valence-corrected chi connectivity index (χ0v) is 19.9. The normalized spacial score (nSPS) is 11.1. The van der Waals surface area contributed by atoms with Crippen LogP contribution < -0.4 is 10.6 Å². The molecule has 0 saturated carbocycles. The number of guanidine groups is 1. The molecule has 2 N–H and O–H groups in total. The lowest BCUT2D eigenvalue weighted by atomic mass is 9.99. The Hall–Kier alpha value is -2.10. The number of methoxy groups -OCH3 is 1. The third-order valence-corrected chi connectivity index (χ3v) is 4.55. The van der Waals surface area contributed by atoms with Gasteiger partial charge in [-0.3, -0.25) is 0 Å². The van der Waals surface area contributed by atoms with Crippen LogP contribution in [0.2, 0.25) is 0 Å². The monoisotopic (exact) mass is 514 g/mol. The largest absolute Gasteiger partial charge is 0.465 e. The van der Waals surface area contributed by atoms with Gasteiger partial charge in [-0.25, -0.2) is 9.79 Å². The van der Waals surface area contributed by atoms with Crippen LogP contribution in [0, 0.1) is 0 Å². The Labute approximate surface area is 189 Å². The maximum atomic E-state index is 11.5. The van der Waals surface area contributed by atoms with Gasteiger partial charge in [0.15, 0.2) is 11.7 Å². The Balaban J connectivity index is 0.00000420. The van der Waals surface area contributed by atoms with E-state index in [1.54, 1.807) is 12.1 Å². The van der Waals surface area contributed by atoms with Crippen molar-refractivity contribution < 1.29 is 14.1 Å². The van der Waals surface area contributed by atoms with E-state index in [0.717, 1.165) is 36.4 Å². The topological polar surface area (TPSA) is 88.8 Å². The van der Waals surface area contributed by atoms with Gasteiger partial charge >= 0.3 is 5.97 Å². The van der Waals surface area contributed by atoms with E-state index < -0.39 is 0 Å². The molecule has 1 aromatic heterocycles. The first-order valence-electron chi connectivity index (χ1n) is 9.76. The molecule has 1 heterocycles. The van der Waals surface area contributed by atoms with E-state index in [0.29, 0.717) is 30.5 Å². The fourth-order valence-corrected chi connectivity index (χ4v) is 2.86. The predicted octanol–water partition coefficient (Wildman–Crippen LogP) is 4.24. The molecule has 0 aliphatic heterocycles. The summed E-state index contributed by atoms with van der Waals surface area (Å²) in [4.78, 5) is 16.1. The molecule has 29 heavy (non-hydrogen) atoms. The lowest BCUT2D eigenvalue weighted by Crippen LogP contribution is -2.36. The molecule has 160 valence electrons. The van der Waals surface area contributed by atoms with Gasteiger partial charge in [0.1, 0.15) is 0 Å². The molecule has 0 saturated heterocycles. The predicted molar refractivity (Wildman–Crippen MR) is 125 cm³/mol. The number of aromatic nitrogens is 1. The van der Waals surface area contributed by atoms with Crippen molar-refractivity contribution in [1.29, 1.82) is 0 Å². The number of aliphatic imine (C=N–C) groups is 1. The number of esters is 1. The van der Waals surface area contributed by atoms with E-state index in [4.69, 9.17) is 9.26 Å². The Morgan fingerprint density at radius 2 is 1.86 bits per heavy atom. The highest BCUT2D eigenvalue weighted by Gasteiger charge is 2.13. The number of benzene rings is 1. The highest BCUT2D eigenvalue weighted by Crippen LogP contribution is 2.22. The lowest BCUT2D eigenvalue weighted by molar-refractivity contribution is 0.0600. The minimum atomic E-state index is -0.343. The summed E-state index contributed by atoms with van der Waals surface area (Å²) in [6.45, 7) is 8.10. The van der Waals surface area contributed by atoms with Gasteiger partial charge < -0.3 is 19.9 Å². The van der Waals surface area contributed by atoms with Crippen molar-refractivity contribution in [2.45, 2.75) is 52.6 Å². The van der Waals surface area contributed by atoms with Crippen molar-refractivity contribution in [3.05, 3.63) is 52.9 Å². The highest BCUT2D eigenvalue weighted by atomic mass is 127. The summed E-state index contributed by atoms with van der Waals surface area (Å²) < 4.78 is 10.2. The average molecular weight is 514 g/mol. The van der Waals surface area contributed by atoms with Crippen LogP contribution in [0.3, 0.4) is 0 Å². The molecule has 1 aromatic carbocycles. The number of ether oxygens (including phenoxy) is 1. The van der Waals surface area contributed by atoms with Gasteiger partial charge in [-0.05, 0) is 37.5 Å². The maximum Gasteiger partial charge on any atom is 0.337 e. The Kier molecular flexibility index (Phi) is 11.3. The SMILES string of the molecule is CCNC(=NCc1ccc(C(=O)OC)cc1)NCc1cc(C(CC)CC)no1.I. The zero-order valence-electron chi connectivity index (χ0n) is 17.5. The molecule has 0 unspecified atom stereocenters. The first kappa shape index (κ1) is 24.9. The minimum absolute atomic E-state index is 0. The molecule has 0 aliphatic rings. The number of halogens is 1. The summed E-state index contributed by atoms with van der Waals surface area (Å²) >= 11 is 0. The number of hydrogen-bond acceptors (Lipinski definition) is 5. The van der Waals surface area contributed by atoms with E-state index in [9.17, 15) is 4.79 Å². The first-order chi connectivity index (χ1) is 13.6. The second-order valence-corrected chi connectivity index (χ2v) is 6.47. The molecular formula is C21H31IN4O3. The number of carbonyl (C=O) groups excluding carboxylic acids is 1. The molecule has 0 bridgehead atoms. The van der Waals surface area contributed by atoms with Gasteiger partial charge in [0.25, 0.3) is 0 Å². The molecule has 0 spiro atoms. The molecule has 0 fully saturated rings. The van der Waals surface area contributed by atoms with E-state index in [-0.39, 0.29) is 29.9 Å². The first-order valence-corrected chi connectivity index (χ1v) is 9.76. The van der Waals surface area contributed by atoms with Crippen molar-refractivity contribution >= 4 is 35.9 Å². The quantitative estimate of drug-likeness (QED) is 0.225. The number of nitrogens with one attached hydrogen (secondary N) is 2. The molecular weight excluding hydrogens is 483 g/mol. The fourth-order valence-electron chi connectivity index (χ4n) is 2.86. The number of nitrogens with zero attached hydrogens (tertiary/aromatic N) is 2. The van der Waals surface area contributed by atoms with Gasteiger partial charge in [-0.15, -0.1) is 24.0 Å². The molecule has 0 aliphatic carbocycles. The standard InChI is InChI=1S/C21H30N4O3.HI/c1-5-16(6-2)19-12-18(28-25-19)14-24-21(22-7-3)23-13-15-8-10-17(11-9-15)20(26)27-4;/h8-12,16H,5-7,13-14H2,1-4H3,(H2,22,23,24);1H. The lowest BCUT2D eigenvalue weighted by Gasteiger charge is -2.10. The highest BCUT2D eigenvalue weighted by molar-refractivity contribution is 14.0. The third kappa shape index (κ3) is 7.68. The van der Waals surface area contributed by atoms with Gasteiger partial charge in [0.2, 0.25) is 0 Å². The number of rotatable bonds is 9. The third-order valence-electron chi connectivity index (χ3n) is 4.55. The summed E-state index contributed by atoms with van der Waals surface area (Å²) in [5.41, 5.74) is 2.54. The van der Waals surface area contributed by atoms with Gasteiger partial charge in [0, 0.05) is 18.5 Å². The van der Waals surface area contributed by atoms with Crippen molar-refractivity contribution in [2.75, 3.05) is 13.7 Å². The van der Waals surface area contributed by atoms with Crippen LogP contribution >= 0.6 is 24.0 Å². The summed E-state index contributed by atoms with van der Waals surface area (Å²) in [5.74, 6) is 1.58. The van der Waals surface area contributed by atoms with Crippen LogP contribution in [0.4, 0.5) is 0 Å².